The normalized spacial score (nSPS) is 29.7. The number of guanidine groups is 1. The van der Waals surface area contributed by atoms with Crippen molar-refractivity contribution in [3.63, 3.8) is 0 Å². The number of fused-ring (bicyclic) bond motifs is 1. The van der Waals surface area contributed by atoms with E-state index in [2.05, 4.69) is 16.0 Å². The first-order valence-electron chi connectivity index (χ1n) is 8.17. The SMILES string of the molecule is CC(C)C[C@@H]1NC(=O)[C@H]2O[C@@H]2C(=O)C(CCCNC(=N)N)NC1=O. The van der Waals surface area contributed by atoms with Crippen molar-refractivity contribution < 1.29 is 19.1 Å². The van der Waals surface area contributed by atoms with Crippen molar-refractivity contribution in [2.45, 2.75) is 57.4 Å². The molecule has 134 valence electrons. The molecule has 0 radical (unpaired) electrons. The summed E-state index contributed by atoms with van der Waals surface area (Å²) in [6.07, 6.45) is -0.155. The fraction of sp³-hybridized carbons (Fsp3) is 0.733. The molecule has 2 fully saturated rings. The topological polar surface area (TPSA) is 150 Å². The first-order valence-corrected chi connectivity index (χ1v) is 8.17. The van der Waals surface area contributed by atoms with Gasteiger partial charge in [0.05, 0.1) is 6.04 Å². The minimum absolute atomic E-state index is 0.141. The first-order chi connectivity index (χ1) is 11.3. The van der Waals surface area contributed by atoms with Gasteiger partial charge in [0.25, 0.3) is 5.91 Å². The number of amides is 2. The Morgan fingerprint density at radius 3 is 2.50 bits per heavy atom. The Balaban J connectivity index is 2.03. The zero-order valence-electron chi connectivity index (χ0n) is 13.9. The molecule has 0 aromatic rings. The van der Waals surface area contributed by atoms with E-state index >= 15 is 0 Å². The lowest BCUT2D eigenvalue weighted by atomic mass is 10.0. The third-order valence-corrected chi connectivity index (χ3v) is 4.02. The van der Waals surface area contributed by atoms with Gasteiger partial charge in [-0.15, -0.1) is 0 Å². The van der Waals surface area contributed by atoms with Crippen LogP contribution in [0.1, 0.15) is 33.1 Å². The Hall–Kier alpha value is -2.16. The minimum Gasteiger partial charge on any atom is -0.370 e. The lowest BCUT2D eigenvalue weighted by molar-refractivity contribution is -0.132. The van der Waals surface area contributed by atoms with E-state index in [4.69, 9.17) is 15.9 Å². The molecule has 9 nitrogen and oxygen atoms in total. The summed E-state index contributed by atoms with van der Waals surface area (Å²) in [7, 11) is 0. The minimum atomic E-state index is -0.794. The molecule has 24 heavy (non-hydrogen) atoms. The van der Waals surface area contributed by atoms with E-state index in [9.17, 15) is 14.4 Å². The van der Waals surface area contributed by atoms with Crippen molar-refractivity contribution in [2.24, 2.45) is 11.7 Å². The highest BCUT2D eigenvalue weighted by Gasteiger charge is 2.53. The van der Waals surface area contributed by atoms with Crippen molar-refractivity contribution in [1.82, 2.24) is 16.0 Å². The molecule has 4 atom stereocenters. The van der Waals surface area contributed by atoms with Gasteiger partial charge in [-0.2, -0.15) is 0 Å². The Bertz CT molecular complexity index is 536. The highest BCUT2D eigenvalue weighted by atomic mass is 16.6. The number of hydrogen-bond donors (Lipinski definition) is 5. The number of nitrogens with one attached hydrogen (secondary N) is 4. The van der Waals surface area contributed by atoms with E-state index < -0.39 is 30.2 Å². The number of ether oxygens (including phenoxy) is 1. The molecule has 9 heteroatoms. The van der Waals surface area contributed by atoms with Crippen LogP contribution in [0.4, 0.5) is 0 Å². The Kier molecular flexibility index (Phi) is 5.76. The van der Waals surface area contributed by atoms with Crippen LogP contribution in [0.25, 0.3) is 0 Å². The maximum absolute atomic E-state index is 12.4. The van der Waals surface area contributed by atoms with Crippen LogP contribution >= 0.6 is 0 Å². The van der Waals surface area contributed by atoms with E-state index in [-0.39, 0.29) is 23.6 Å². The molecular weight excluding hydrogens is 314 g/mol. The molecule has 2 heterocycles. The average Bonchev–Trinajstić information content (AvgIpc) is 3.27. The second-order valence-electron chi connectivity index (χ2n) is 6.61. The largest absolute Gasteiger partial charge is 0.370 e. The number of nitrogens with two attached hydrogens (primary N) is 1. The molecule has 2 rings (SSSR count). The predicted octanol–water partition coefficient (Wildman–Crippen LogP) is -1.38. The predicted molar refractivity (Wildman–Crippen MR) is 86.1 cm³/mol. The maximum atomic E-state index is 12.4. The second-order valence-corrected chi connectivity index (χ2v) is 6.61. The van der Waals surface area contributed by atoms with Crippen LogP contribution in [0.5, 0.6) is 0 Å². The van der Waals surface area contributed by atoms with Gasteiger partial charge in [0, 0.05) is 6.54 Å². The third-order valence-electron chi connectivity index (χ3n) is 4.02. The first kappa shape index (κ1) is 18.2. The van der Waals surface area contributed by atoms with E-state index in [1.807, 2.05) is 13.8 Å². The molecule has 0 saturated carbocycles. The molecule has 2 amide bonds. The number of hydrogen-bond acceptors (Lipinski definition) is 5. The summed E-state index contributed by atoms with van der Waals surface area (Å²) in [6, 6.07) is -1.38. The van der Waals surface area contributed by atoms with Crippen molar-refractivity contribution >= 4 is 23.6 Å². The molecular formula is C15H25N5O4. The van der Waals surface area contributed by atoms with E-state index in [0.29, 0.717) is 25.8 Å². The number of epoxide rings is 1. The van der Waals surface area contributed by atoms with Gasteiger partial charge < -0.3 is 26.4 Å². The molecule has 0 aromatic heterocycles. The van der Waals surface area contributed by atoms with Crippen molar-refractivity contribution in [3.8, 4) is 0 Å². The van der Waals surface area contributed by atoms with Crippen molar-refractivity contribution in [1.29, 1.82) is 5.41 Å². The lowest BCUT2D eigenvalue weighted by Gasteiger charge is -2.22. The molecule has 0 aromatic carbocycles. The van der Waals surface area contributed by atoms with Crippen molar-refractivity contribution in [3.05, 3.63) is 0 Å². The summed E-state index contributed by atoms with van der Waals surface area (Å²) in [4.78, 5) is 36.9. The fourth-order valence-electron chi connectivity index (χ4n) is 2.77. The molecule has 2 aliphatic rings. The lowest BCUT2D eigenvalue weighted by Crippen LogP contribution is -2.51. The number of rotatable bonds is 6. The molecule has 1 unspecified atom stereocenters. The second kappa shape index (κ2) is 7.61. The van der Waals surface area contributed by atoms with Crippen LogP contribution in [-0.2, 0) is 19.1 Å². The van der Waals surface area contributed by atoms with Crippen LogP contribution in [-0.4, -0.2) is 54.4 Å². The van der Waals surface area contributed by atoms with Gasteiger partial charge in [-0.05, 0) is 25.2 Å². The van der Waals surface area contributed by atoms with Crippen LogP contribution in [0, 0.1) is 11.3 Å². The number of ketones is 1. The molecule has 0 bridgehead atoms. The summed E-state index contributed by atoms with van der Waals surface area (Å²) in [6.45, 7) is 4.34. The molecule has 0 aliphatic carbocycles. The molecule has 0 spiro atoms. The Morgan fingerprint density at radius 1 is 1.21 bits per heavy atom. The Morgan fingerprint density at radius 2 is 1.88 bits per heavy atom. The van der Waals surface area contributed by atoms with Crippen LogP contribution in [0.15, 0.2) is 0 Å². The van der Waals surface area contributed by atoms with Gasteiger partial charge in [0.2, 0.25) is 5.91 Å². The summed E-state index contributed by atoms with van der Waals surface area (Å²) < 4.78 is 5.20. The summed E-state index contributed by atoms with van der Waals surface area (Å²) in [5, 5.41) is 15.2. The Labute approximate surface area is 140 Å². The molecule has 2 aliphatic heterocycles. The van der Waals surface area contributed by atoms with Gasteiger partial charge in [-0.25, -0.2) is 0 Å². The molecule has 6 N–H and O–H groups in total. The van der Waals surface area contributed by atoms with E-state index in [0.717, 1.165) is 0 Å². The zero-order valence-corrected chi connectivity index (χ0v) is 13.9. The fourth-order valence-corrected chi connectivity index (χ4v) is 2.77. The highest BCUT2D eigenvalue weighted by Crippen LogP contribution is 2.26. The third kappa shape index (κ3) is 4.67. The van der Waals surface area contributed by atoms with Gasteiger partial charge in [-0.1, -0.05) is 13.8 Å². The van der Waals surface area contributed by atoms with E-state index in [1.165, 1.54) is 0 Å². The maximum Gasteiger partial charge on any atom is 0.253 e. The summed E-state index contributed by atoms with van der Waals surface area (Å²) in [5.41, 5.74) is 5.21. The van der Waals surface area contributed by atoms with Gasteiger partial charge >= 0.3 is 0 Å². The zero-order chi connectivity index (χ0) is 17.9. The van der Waals surface area contributed by atoms with Gasteiger partial charge in [0.1, 0.15) is 6.04 Å². The highest BCUT2D eigenvalue weighted by molar-refractivity contribution is 6.03. The standard InChI is InChI=1S/C15H25N5O4/c1-7(2)6-9-13(22)19-8(4-3-5-18-15(16)17)10(21)11-12(24-11)14(23)20-9/h7-9,11-12H,3-6H2,1-2H3,(H,19,22)(H,20,23)(H4,16,17,18)/t8?,9-,11+,12-/m0/s1. The van der Waals surface area contributed by atoms with Gasteiger partial charge in [0.15, 0.2) is 24.0 Å². The van der Waals surface area contributed by atoms with Crippen molar-refractivity contribution in [2.75, 3.05) is 6.54 Å². The monoisotopic (exact) mass is 339 g/mol. The average molecular weight is 339 g/mol. The van der Waals surface area contributed by atoms with Crippen LogP contribution in [0.3, 0.4) is 0 Å². The summed E-state index contributed by atoms with van der Waals surface area (Å²) in [5.74, 6) is -0.968. The van der Waals surface area contributed by atoms with Crippen LogP contribution in [0.2, 0.25) is 0 Å². The number of Topliss-reactive ketones (excluding diaryl/α,β-unsaturated/α-hetero) is 1. The number of carbonyl (C=O) groups is 3. The smallest absolute Gasteiger partial charge is 0.253 e. The summed E-state index contributed by atoms with van der Waals surface area (Å²) >= 11 is 0. The van der Waals surface area contributed by atoms with Gasteiger partial charge in [-0.3, -0.25) is 19.8 Å². The van der Waals surface area contributed by atoms with Crippen LogP contribution < -0.4 is 21.7 Å². The molecule has 2 saturated heterocycles. The van der Waals surface area contributed by atoms with E-state index in [1.54, 1.807) is 0 Å². The number of carbonyl (C=O) groups excluding carboxylic acids is 3. The quantitative estimate of drug-likeness (QED) is 0.174.